The molecule has 4 nitrogen and oxygen atoms in total. The van der Waals surface area contributed by atoms with Crippen LogP contribution >= 0.6 is 0 Å². The predicted octanol–water partition coefficient (Wildman–Crippen LogP) is 1.57. The highest BCUT2D eigenvalue weighted by Gasteiger charge is 2.12. The van der Waals surface area contributed by atoms with Gasteiger partial charge in [-0.2, -0.15) is 0 Å². The number of aromatic carboxylic acids is 1. The molecule has 0 radical (unpaired) electrons. The molecular weight excluding hydrogens is 182 g/mol. The molecule has 0 aliphatic rings. The second-order valence-electron chi connectivity index (χ2n) is 3.00. The lowest BCUT2D eigenvalue weighted by molar-refractivity contribution is -0.105. The fraction of sp³-hybridized carbons (Fsp3) is 0.200. The summed E-state index contributed by atoms with van der Waals surface area (Å²) in [5.41, 5.74) is 2.20. The summed E-state index contributed by atoms with van der Waals surface area (Å²) >= 11 is 0. The first-order valence-electron chi connectivity index (χ1n) is 4.11. The van der Waals surface area contributed by atoms with E-state index in [0.717, 1.165) is 11.1 Å². The van der Waals surface area contributed by atoms with Crippen molar-refractivity contribution in [2.75, 3.05) is 5.32 Å². The van der Waals surface area contributed by atoms with Gasteiger partial charge in [-0.1, -0.05) is 6.07 Å². The molecule has 4 heteroatoms. The number of aryl methyl sites for hydroxylation is 1. The lowest BCUT2D eigenvalue weighted by Gasteiger charge is -2.10. The van der Waals surface area contributed by atoms with Gasteiger partial charge in [0, 0.05) is 0 Å². The van der Waals surface area contributed by atoms with E-state index in [-0.39, 0.29) is 5.56 Å². The minimum Gasteiger partial charge on any atom is -0.478 e. The van der Waals surface area contributed by atoms with Crippen molar-refractivity contribution in [3.8, 4) is 0 Å². The molecular formula is C10H11NO3. The van der Waals surface area contributed by atoms with E-state index >= 15 is 0 Å². The lowest BCUT2D eigenvalue weighted by Crippen LogP contribution is -2.07. The Bertz CT molecular complexity index is 385. The van der Waals surface area contributed by atoms with E-state index in [9.17, 15) is 9.59 Å². The van der Waals surface area contributed by atoms with Gasteiger partial charge in [0.15, 0.2) is 0 Å². The number of amides is 1. The minimum absolute atomic E-state index is 0.111. The minimum atomic E-state index is -1.04. The van der Waals surface area contributed by atoms with E-state index in [2.05, 4.69) is 5.32 Å². The standard InChI is InChI=1S/C10H11NO3/c1-6-3-4-8(10(13)14)9(7(6)2)11-5-12/h3-5H,1-2H3,(H,11,12)(H,13,14). The van der Waals surface area contributed by atoms with Crippen molar-refractivity contribution >= 4 is 18.1 Å². The van der Waals surface area contributed by atoms with Gasteiger partial charge in [-0.3, -0.25) is 4.79 Å². The molecule has 14 heavy (non-hydrogen) atoms. The highest BCUT2D eigenvalue weighted by atomic mass is 16.4. The van der Waals surface area contributed by atoms with Crippen LogP contribution in [0.15, 0.2) is 12.1 Å². The molecule has 74 valence electrons. The molecule has 0 aliphatic heterocycles. The third kappa shape index (κ3) is 1.74. The van der Waals surface area contributed by atoms with Gasteiger partial charge in [0.05, 0.1) is 11.3 Å². The third-order valence-electron chi connectivity index (χ3n) is 2.17. The van der Waals surface area contributed by atoms with Crippen LogP contribution < -0.4 is 5.32 Å². The fourth-order valence-electron chi connectivity index (χ4n) is 1.24. The number of nitrogens with one attached hydrogen (secondary N) is 1. The summed E-state index contributed by atoms with van der Waals surface area (Å²) in [4.78, 5) is 21.1. The zero-order valence-electron chi connectivity index (χ0n) is 8.00. The molecule has 0 aliphatic carbocycles. The van der Waals surface area contributed by atoms with Crippen LogP contribution in [-0.2, 0) is 4.79 Å². The number of hydrogen-bond acceptors (Lipinski definition) is 2. The first kappa shape index (κ1) is 10.2. The topological polar surface area (TPSA) is 66.4 Å². The molecule has 0 spiro atoms. The van der Waals surface area contributed by atoms with Crippen molar-refractivity contribution in [1.82, 2.24) is 0 Å². The van der Waals surface area contributed by atoms with Crippen molar-refractivity contribution in [3.05, 3.63) is 28.8 Å². The summed E-state index contributed by atoms with van der Waals surface area (Å²) in [6.07, 6.45) is 0.480. The van der Waals surface area contributed by atoms with E-state index in [1.54, 1.807) is 13.0 Å². The molecule has 0 heterocycles. The number of carboxylic acids is 1. The van der Waals surface area contributed by atoms with Crippen LogP contribution in [0.1, 0.15) is 21.5 Å². The van der Waals surface area contributed by atoms with E-state index in [1.165, 1.54) is 6.07 Å². The number of carbonyl (C=O) groups is 2. The van der Waals surface area contributed by atoms with Gasteiger partial charge in [0.25, 0.3) is 0 Å². The largest absolute Gasteiger partial charge is 0.478 e. The highest BCUT2D eigenvalue weighted by Crippen LogP contribution is 2.23. The van der Waals surface area contributed by atoms with Gasteiger partial charge < -0.3 is 10.4 Å². The van der Waals surface area contributed by atoms with Crippen molar-refractivity contribution in [2.24, 2.45) is 0 Å². The average Bonchev–Trinajstić information content (AvgIpc) is 2.13. The summed E-state index contributed by atoms with van der Waals surface area (Å²) in [6, 6.07) is 3.20. The molecule has 1 amide bonds. The van der Waals surface area contributed by atoms with E-state index in [0.29, 0.717) is 12.1 Å². The normalized spacial score (nSPS) is 9.57. The summed E-state index contributed by atoms with van der Waals surface area (Å²) in [7, 11) is 0. The van der Waals surface area contributed by atoms with Crippen LogP contribution in [0.2, 0.25) is 0 Å². The van der Waals surface area contributed by atoms with Crippen LogP contribution in [0.3, 0.4) is 0 Å². The maximum atomic E-state index is 10.8. The number of rotatable bonds is 3. The van der Waals surface area contributed by atoms with Gasteiger partial charge in [0.2, 0.25) is 6.41 Å². The molecule has 2 N–H and O–H groups in total. The van der Waals surface area contributed by atoms with E-state index < -0.39 is 5.97 Å². The Balaban J connectivity index is 3.36. The molecule has 0 fully saturated rings. The summed E-state index contributed by atoms with van der Waals surface area (Å²) < 4.78 is 0. The smallest absolute Gasteiger partial charge is 0.337 e. The summed E-state index contributed by atoms with van der Waals surface area (Å²) in [6.45, 7) is 3.63. The van der Waals surface area contributed by atoms with Gasteiger partial charge in [-0.15, -0.1) is 0 Å². The van der Waals surface area contributed by atoms with Crippen LogP contribution in [0, 0.1) is 13.8 Å². The molecule has 0 saturated heterocycles. The number of hydrogen-bond donors (Lipinski definition) is 2. The Morgan fingerprint density at radius 3 is 2.57 bits per heavy atom. The SMILES string of the molecule is Cc1ccc(C(=O)O)c(NC=O)c1C. The van der Waals surface area contributed by atoms with E-state index in [4.69, 9.17) is 5.11 Å². The van der Waals surface area contributed by atoms with Crippen LogP contribution in [0.5, 0.6) is 0 Å². The van der Waals surface area contributed by atoms with Crippen molar-refractivity contribution in [3.63, 3.8) is 0 Å². The Morgan fingerprint density at radius 2 is 2.07 bits per heavy atom. The first-order valence-corrected chi connectivity index (χ1v) is 4.11. The Labute approximate surface area is 81.6 Å². The third-order valence-corrected chi connectivity index (χ3v) is 2.17. The average molecular weight is 193 g/mol. The lowest BCUT2D eigenvalue weighted by atomic mass is 10.0. The molecule has 1 aromatic carbocycles. The maximum Gasteiger partial charge on any atom is 0.337 e. The van der Waals surface area contributed by atoms with Crippen LogP contribution in [0.4, 0.5) is 5.69 Å². The molecule has 0 unspecified atom stereocenters. The highest BCUT2D eigenvalue weighted by molar-refractivity contribution is 5.97. The number of carboxylic acid groups (broad SMARTS) is 1. The van der Waals surface area contributed by atoms with E-state index in [1.807, 2.05) is 6.92 Å². The Hall–Kier alpha value is -1.84. The fourth-order valence-corrected chi connectivity index (χ4v) is 1.24. The predicted molar refractivity (Wildman–Crippen MR) is 52.6 cm³/mol. The molecule has 1 aromatic rings. The molecule has 0 bridgehead atoms. The van der Waals surface area contributed by atoms with Gasteiger partial charge in [-0.25, -0.2) is 4.79 Å². The quantitative estimate of drug-likeness (QED) is 0.716. The second kappa shape index (κ2) is 3.91. The Kier molecular flexibility index (Phi) is 2.86. The van der Waals surface area contributed by atoms with Crippen molar-refractivity contribution in [2.45, 2.75) is 13.8 Å². The molecule has 0 saturated carbocycles. The van der Waals surface area contributed by atoms with Crippen molar-refractivity contribution < 1.29 is 14.7 Å². The second-order valence-corrected chi connectivity index (χ2v) is 3.00. The van der Waals surface area contributed by atoms with Crippen molar-refractivity contribution in [1.29, 1.82) is 0 Å². The Morgan fingerprint density at radius 1 is 1.43 bits per heavy atom. The monoisotopic (exact) mass is 193 g/mol. The zero-order valence-corrected chi connectivity index (χ0v) is 8.00. The summed E-state index contributed by atoms with van der Waals surface area (Å²) in [5.74, 6) is -1.04. The number of anilines is 1. The maximum absolute atomic E-state index is 10.8. The summed E-state index contributed by atoms with van der Waals surface area (Å²) in [5, 5.41) is 11.3. The molecule has 1 rings (SSSR count). The van der Waals surface area contributed by atoms with Crippen LogP contribution in [0.25, 0.3) is 0 Å². The van der Waals surface area contributed by atoms with Gasteiger partial charge in [0.1, 0.15) is 0 Å². The first-order chi connectivity index (χ1) is 6.57. The van der Waals surface area contributed by atoms with Gasteiger partial charge >= 0.3 is 5.97 Å². The van der Waals surface area contributed by atoms with Crippen LogP contribution in [-0.4, -0.2) is 17.5 Å². The zero-order chi connectivity index (χ0) is 10.7. The number of benzene rings is 1. The van der Waals surface area contributed by atoms with Gasteiger partial charge in [-0.05, 0) is 31.0 Å². The number of carbonyl (C=O) groups excluding carboxylic acids is 1. The molecule has 0 atom stereocenters. The molecule has 0 aromatic heterocycles.